The van der Waals surface area contributed by atoms with Crippen molar-refractivity contribution in [3.8, 4) is 28.8 Å². The number of alkyl halides is 12. The molecular weight excluding hydrogens is 1650 g/mol. The number of hydrogen-bond donors (Lipinski definition) is 8. The number of nitriles is 1. The highest BCUT2D eigenvalue weighted by molar-refractivity contribution is 6.02. The summed E-state index contributed by atoms with van der Waals surface area (Å²) in [6, 6.07) is 14.9. The molecule has 0 aliphatic heterocycles. The predicted molar refractivity (Wildman–Crippen MR) is 384 cm³/mol. The van der Waals surface area contributed by atoms with Crippen LogP contribution in [0.25, 0.3) is 28.3 Å². The highest BCUT2D eigenvalue weighted by Gasteiger charge is 2.45. The first kappa shape index (κ1) is 93.6. The second-order valence-electron chi connectivity index (χ2n) is 26.1. The van der Waals surface area contributed by atoms with E-state index in [0.717, 1.165) is 89.2 Å². The average Bonchev–Trinajstić information content (AvgIpc) is 1.62. The molecule has 0 saturated carbocycles. The Labute approximate surface area is 661 Å². The fourth-order valence-electron chi connectivity index (χ4n) is 11.3. The lowest BCUT2D eigenvalue weighted by molar-refractivity contribution is -0.147. The standard InChI is InChI=1S/C23H20F6N4O2.C22H18F6N4O3.C15H15F5N4O.C15H9F5N4O/c1-10-4-5-14(24)8-15(10)22(35)31-9-13-6-16(25)21(17(26)7-13)33-20(12(3)34)18(30)19(32-33)11(2)23(27,28)29;1-9-3-4-12(23)7-13(9)20(33)30-8-11-5-14(24)18(15(25)6-11)32-19(21(34)35)16(29)17(31-32)10(2)22(26,27)28;2*1-6(15(18,19)20)12-11(22)13(7(2)25)24(23-12)14-9(16)3-8(5-21)4-10(14)17/h4-8,11H,9,30H2,1-3H3,(H,31,35);3-7,10H,8,29H2,1-2H3,(H,30,33)(H,34,35);3-4,6H,5,21-22H2,1-2H3;3-4H,1,22H2,2H3. The largest absolute Gasteiger partial charge is 0.476 e. The molecule has 0 aliphatic carbocycles. The first-order valence-corrected chi connectivity index (χ1v) is 33.8. The number of nitrogens with one attached hydrogen (secondary N) is 2. The number of carboxylic acid groups (broad SMARTS) is 1. The zero-order valence-corrected chi connectivity index (χ0v) is 62.8. The summed E-state index contributed by atoms with van der Waals surface area (Å²) >= 11 is 0. The Morgan fingerprint density at radius 3 is 1.00 bits per heavy atom. The van der Waals surface area contributed by atoms with Gasteiger partial charge in [0.05, 0.1) is 74.8 Å². The van der Waals surface area contributed by atoms with Crippen LogP contribution in [0.3, 0.4) is 0 Å². The Balaban J connectivity index is 0.000000223. The number of aryl methyl sites for hydroxylation is 2. The van der Waals surface area contributed by atoms with Crippen molar-refractivity contribution >= 4 is 63.5 Å². The molecule has 10 aromatic rings. The highest BCUT2D eigenvalue weighted by atomic mass is 19.4. The Morgan fingerprint density at radius 2 is 0.725 bits per heavy atom. The van der Waals surface area contributed by atoms with Gasteiger partial charge in [0.25, 0.3) is 11.8 Å². The van der Waals surface area contributed by atoms with Gasteiger partial charge in [-0.25, -0.2) is 67.4 Å². The van der Waals surface area contributed by atoms with Gasteiger partial charge in [-0.15, -0.1) is 0 Å². The maximum atomic E-state index is 14.9. The summed E-state index contributed by atoms with van der Waals surface area (Å²) in [5, 5.41) is 37.0. The topological polar surface area (TPSA) is 372 Å². The number of carbonyl (C=O) groups excluding carboxylic acids is 5. The molecule has 638 valence electrons. The number of carbonyl (C=O) groups is 6. The molecule has 0 bridgehead atoms. The van der Waals surface area contributed by atoms with Gasteiger partial charge in [0.15, 0.2) is 69.6 Å². The Kier molecular flexibility index (Phi) is 28.2. The van der Waals surface area contributed by atoms with E-state index in [9.17, 15) is 130 Å². The summed E-state index contributed by atoms with van der Waals surface area (Å²) in [6.45, 7) is 10.2. The van der Waals surface area contributed by atoms with Crippen LogP contribution in [-0.2, 0) is 19.6 Å². The van der Waals surface area contributed by atoms with Gasteiger partial charge in [0.2, 0.25) is 0 Å². The number of allylic oxidation sites excluding steroid dienone is 1. The summed E-state index contributed by atoms with van der Waals surface area (Å²) in [6.07, 6.45) is -19.2. The van der Waals surface area contributed by atoms with Crippen molar-refractivity contribution in [2.75, 3.05) is 22.9 Å². The normalized spacial score (nSPS) is 12.3. The first-order valence-electron chi connectivity index (χ1n) is 33.8. The molecule has 2 amide bonds. The van der Waals surface area contributed by atoms with E-state index in [1.165, 1.54) is 24.3 Å². The molecule has 45 heteroatoms. The molecule has 23 nitrogen and oxygen atoms in total. The minimum Gasteiger partial charge on any atom is -0.476 e. The van der Waals surface area contributed by atoms with Gasteiger partial charge in [-0.2, -0.15) is 78.3 Å². The molecule has 4 heterocycles. The van der Waals surface area contributed by atoms with Crippen LogP contribution in [0, 0.1) is 83.4 Å². The molecule has 3 unspecified atom stereocenters. The van der Waals surface area contributed by atoms with Gasteiger partial charge in [-0.3, -0.25) is 24.0 Å². The number of nitrogens with two attached hydrogens (primary N) is 5. The number of benzene rings is 6. The molecule has 120 heavy (non-hydrogen) atoms. The van der Waals surface area contributed by atoms with Gasteiger partial charge < -0.3 is 44.4 Å². The number of rotatable bonds is 19. The summed E-state index contributed by atoms with van der Waals surface area (Å²) in [5.74, 6) is -23.8. The zero-order chi connectivity index (χ0) is 90.7. The number of ketones is 3. The third kappa shape index (κ3) is 20.3. The Bertz CT molecular complexity index is 5480. The van der Waals surface area contributed by atoms with Crippen molar-refractivity contribution in [1.82, 2.24) is 49.8 Å². The second kappa shape index (κ2) is 36.1. The molecule has 0 radical (unpaired) electrons. The summed E-state index contributed by atoms with van der Waals surface area (Å²) in [5.41, 5.74) is 14.3. The van der Waals surface area contributed by atoms with E-state index >= 15 is 0 Å². The molecule has 13 N–H and O–H groups in total. The number of nitrogens with zero attached hydrogens (tertiary/aromatic N) is 9. The fraction of sp³-hybridized carbons (Fsp3) is 0.240. The number of anilines is 4. The van der Waals surface area contributed by atoms with Crippen molar-refractivity contribution in [2.45, 2.75) is 117 Å². The maximum absolute atomic E-state index is 14.9. The molecule has 0 fully saturated rings. The summed E-state index contributed by atoms with van der Waals surface area (Å²) in [4.78, 5) is 71.9. The number of halogens is 22. The molecule has 0 spiro atoms. The number of hydrogen-bond acceptors (Lipinski definition) is 16. The van der Waals surface area contributed by atoms with Crippen LogP contribution in [-0.4, -0.2) is 104 Å². The third-order valence-electron chi connectivity index (χ3n) is 17.6. The van der Waals surface area contributed by atoms with E-state index < -0.39 is 239 Å². The van der Waals surface area contributed by atoms with Crippen LogP contribution in [0.4, 0.5) is 119 Å². The fourth-order valence-corrected chi connectivity index (χ4v) is 11.3. The van der Waals surface area contributed by atoms with Crippen LogP contribution in [0.15, 0.2) is 91.5 Å². The van der Waals surface area contributed by atoms with E-state index in [1.54, 1.807) is 13.8 Å². The van der Waals surface area contributed by atoms with Crippen LogP contribution in [0.5, 0.6) is 0 Å². The van der Waals surface area contributed by atoms with Crippen molar-refractivity contribution in [1.29, 1.82) is 5.26 Å². The summed E-state index contributed by atoms with van der Waals surface area (Å²) < 4.78 is 301. The predicted octanol–water partition coefficient (Wildman–Crippen LogP) is 15.9. The third-order valence-corrected chi connectivity index (χ3v) is 17.6. The number of amides is 2. The zero-order valence-electron chi connectivity index (χ0n) is 62.8. The van der Waals surface area contributed by atoms with Gasteiger partial charge in [0, 0.05) is 51.5 Å². The van der Waals surface area contributed by atoms with Gasteiger partial charge in [-0.05, 0) is 135 Å². The summed E-state index contributed by atoms with van der Waals surface area (Å²) in [7, 11) is 0. The molecule has 0 saturated heterocycles. The second-order valence-corrected chi connectivity index (χ2v) is 26.1. The van der Waals surface area contributed by atoms with Gasteiger partial charge in [-0.1, -0.05) is 18.7 Å². The van der Waals surface area contributed by atoms with E-state index in [-0.39, 0.29) is 51.2 Å². The molecule has 0 aliphatic rings. The Morgan fingerprint density at radius 1 is 0.450 bits per heavy atom. The van der Waals surface area contributed by atoms with Crippen molar-refractivity contribution < 1.29 is 130 Å². The van der Waals surface area contributed by atoms with Gasteiger partial charge >= 0.3 is 30.7 Å². The lowest BCUT2D eigenvalue weighted by Gasteiger charge is -2.13. The number of aromatic carboxylic acids is 1. The molecule has 10 rings (SSSR count). The molecule has 3 atom stereocenters. The first-order chi connectivity index (χ1) is 55.4. The van der Waals surface area contributed by atoms with Crippen LogP contribution in [0.2, 0.25) is 0 Å². The Hall–Kier alpha value is -13.6. The molecular formula is C75H62F22N16O7. The molecule has 6 aromatic carbocycles. The van der Waals surface area contributed by atoms with Crippen LogP contribution >= 0.6 is 0 Å². The molecule has 4 aromatic heterocycles. The van der Waals surface area contributed by atoms with E-state index in [2.05, 4.69) is 37.6 Å². The van der Waals surface area contributed by atoms with Crippen molar-refractivity contribution in [3.05, 3.63) is 240 Å². The van der Waals surface area contributed by atoms with E-state index in [4.69, 9.17) is 33.9 Å². The van der Waals surface area contributed by atoms with E-state index in [0.29, 0.717) is 44.2 Å². The van der Waals surface area contributed by atoms with Crippen molar-refractivity contribution in [3.63, 3.8) is 0 Å². The van der Waals surface area contributed by atoms with Crippen molar-refractivity contribution in [2.24, 2.45) is 5.73 Å². The lowest BCUT2D eigenvalue weighted by Crippen LogP contribution is -2.24. The number of nitrogen functional groups attached to an aromatic ring is 4. The van der Waals surface area contributed by atoms with Crippen LogP contribution < -0.4 is 39.3 Å². The lowest BCUT2D eigenvalue weighted by atomic mass is 10.1. The number of aromatic nitrogens is 8. The monoisotopic (exact) mass is 1720 g/mol. The van der Waals surface area contributed by atoms with Crippen LogP contribution in [0.1, 0.15) is 178 Å². The van der Waals surface area contributed by atoms with Gasteiger partial charge in [0.1, 0.15) is 57.2 Å². The minimum absolute atomic E-state index is 0.00648. The smallest absolute Gasteiger partial charge is 0.418 e. The maximum Gasteiger partial charge on any atom is 0.418 e. The van der Waals surface area contributed by atoms with E-state index in [1.807, 2.05) is 0 Å². The number of Topliss-reactive ketones (excluding diaryl/α,β-unsaturated/α-hetero) is 3. The SMILES string of the molecule is C=C(c1nn(-c2c(F)cc(C#N)cc2F)c(C(C)=O)c1N)C(F)(F)F.CC(=O)c1c(N)c(C(C)C(F)(F)F)nn1-c1c(F)cc(CN)cc1F.CC(=O)c1c(N)c(C(C)C(F)(F)F)nn1-c1c(F)cc(CNC(=O)c2cc(F)ccc2C)cc1F.Cc1ccc(F)cc1C(=O)NCc1cc(F)c(-n2nc(C(C)C(F)(F)F)c(N)c2C(=O)O)c(F)c1. The highest BCUT2D eigenvalue weighted by Crippen LogP contribution is 2.43. The number of carboxylic acids is 1. The minimum atomic E-state index is -4.91. The average molecular weight is 1720 g/mol. The quantitative estimate of drug-likeness (QED) is 0.0275.